The van der Waals surface area contributed by atoms with Crippen molar-refractivity contribution < 1.29 is 18.8 Å². The lowest BCUT2D eigenvalue weighted by Crippen LogP contribution is -2.29. The van der Waals surface area contributed by atoms with Gasteiger partial charge in [-0.25, -0.2) is 0 Å². The second-order valence-corrected chi connectivity index (χ2v) is 3.57. The maximum atomic E-state index is 11.8. The number of furan rings is 1. The molecule has 0 amide bonds. The Morgan fingerprint density at radius 2 is 2.29 bits per heavy atom. The summed E-state index contributed by atoms with van der Waals surface area (Å²) in [4.78, 5) is 19.4. The summed E-state index contributed by atoms with van der Waals surface area (Å²) in [6, 6.07) is 3.23. The summed E-state index contributed by atoms with van der Waals surface area (Å²) < 4.78 is 5.11. The first kappa shape index (κ1) is 12.9. The molecule has 0 spiro atoms. The van der Waals surface area contributed by atoms with E-state index in [9.17, 15) is 4.79 Å². The first-order chi connectivity index (χ1) is 8.11. The van der Waals surface area contributed by atoms with E-state index in [0.29, 0.717) is 5.76 Å². The lowest BCUT2D eigenvalue weighted by atomic mass is 10.0. The molecule has 0 N–H and O–H groups in total. The van der Waals surface area contributed by atoms with Gasteiger partial charge in [0.25, 0.3) is 0 Å². The van der Waals surface area contributed by atoms with E-state index in [1.54, 1.807) is 26.0 Å². The van der Waals surface area contributed by atoms with Crippen molar-refractivity contribution in [1.29, 1.82) is 0 Å². The predicted octanol–water partition coefficient (Wildman–Crippen LogP) is 1.53. The Bertz CT molecular complexity index is 468. The molecule has 90 valence electrons. The van der Waals surface area contributed by atoms with Crippen LogP contribution in [0.4, 0.5) is 0 Å². The van der Waals surface area contributed by atoms with E-state index >= 15 is 0 Å². The Kier molecular flexibility index (Phi) is 4.37. The Balaban J connectivity index is 3.20. The Labute approximate surface area is 98.5 Å². The molecule has 1 heterocycles. The minimum atomic E-state index is -0.347. The van der Waals surface area contributed by atoms with E-state index in [1.165, 1.54) is 13.4 Å². The highest BCUT2D eigenvalue weighted by atomic mass is 16.6. The molecule has 1 aromatic heterocycles. The van der Waals surface area contributed by atoms with Gasteiger partial charge in [0, 0.05) is 5.92 Å². The van der Waals surface area contributed by atoms with E-state index in [-0.39, 0.29) is 23.1 Å². The van der Waals surface area contributed by atoms with Gasteiger partial charge in [0.05, 0.1) is 6.26 Å². The third-order valence-corrected chi connectivity index (χ3v) is 2.02. The molecule has 0 bridgehead atoms. The fraction of sp³-hybridized carbons (Fsp3) is 0.364. The monoisotopic (exact) mass is 235 g/mol. The lowest BCUT2D eigenvalue weighted by molar-refractivity contribution is -0.119. The number of hydrogen-bond acceptors (Lipinski definition) is 4. The summed E-state index contributed by atoms with van der Waals surface area (Å²) in [6.45, 7) is 3.39. The number of oxime groups is 1. The molecule has 1 aromatic rings. The zero-order valence-electron chi connectivity index (χ0n) is 9.88. The lowest BCUT2D eigenvalue weighted by Gasteiger charge is -2.00. The van der Waals surface area contributed by atoms with Crippen LogP contribution in [0.15, 0.2) is 28.0 Å². The third-order valence-electron chi connectivity index (χ3n) is 2.02. The highest BCUT2D eigenvalue weighted by Gasteiger charge is 2.32. The molecule has 0 aliphatic heterocycles. The number of ketones is 1. The maximum Gasteiger partial charge on any atom is 0.390 e. The maximum absolute atomic E-state index is 11.8. The molecule has 0 unspecified atom stereocenters. The van der Waals surface area contributed by atoms with Gasteiger partial charge in [0.2, 0.25) is 11.5 Å². The van der Waals surface area contributed by atoms with Crippen LogP contribution in [0.25, 0.3) is 5.53 Å². The number of carbonyl (C=O) groups is 1. The van der Waals surface area contributed by atoms with E-state index in [4.69, 9.17) is 9.95 Å². The van der Waals surface area contributed by atoms with Gasteiger partial charge in [-0.3, -0.25) is 4.79 Å². The topological polar surface area (TPSA) is 88.2 Å². The van der Waals surface area contributed by atoms with Crippen LogP contribution < -0.4 is 0 Å². The molecule has 0 atom stereocenters. The molecule has 0 saturated heterocycles. The molecular formula is C11H13N3O3. The van der Waals surface area contributed by atoms with Crippen molar-refractivity contribution >= 4 is 17.2 Å². The van der Waals surface area contributed by atoms with Gasteiger partial charge in [0.15, 0.2) is 5.76 Å². The largest absolute Gasteiger partial charge is 0.462 e. The summed E-state index contributed by atoms with van der Waals surface area (Å²) in [5.74, 6) is -0.369. The fourth-order valence-electron chi connectivity index (χ4n) is 1.20. The van der Waals surface area contributed by atoms with Crippen LogP contribution in [0.2, 0.25) is 0 Å². The molecule has 0 aliphatic carbocycles. The van der Waals surface area contributed by atoms with Gasteiger partial charge in [-0.1, -0.05) is 19.0 Å². The van der Waals surface area contributed by atoms with Crippen molar-refractivity contribution in [3.63, 3.8) is 0 Å². The van der Waals surface area contributed by atoms with Gasteiger partial charge in [0.1, 0.15) is 7.11 Å². The third kappa shape index (κ3) is 2.89. The normalized spacial score (nSPS) is 11.2. The first-order valence-electron chi connectivity index (χ1n) is 5.03. The van der Waals surface area contributed by atoms with Gasteiger partial charge in [-0.15, -0.1) is 0 Å². The molecule has 0 aliphatic rings. The van der Waals surface area contributed by atoms with E-state index in [2.05, 4.69) is 14.8 Å². The highest BCUT2D eigenvalue weighted by molar-refractivity contribution is 6.68. The second-order valence-electron chi connectivity index (χ2n) is 3.57. The van der Waals surface area contributed by atoms with Crippen molar-refractivity contribution in [2.24, 2.45) is 11.1 Å². The predicted molar refractivity (Wildman–Crippen MR) is 60.7 cm³/mol. The molecule has 1 rings (SSSR count). The van der Waals surface area contributed by atoms with Gasteiger partial charge in [-0.05, 0) is 12.1 Å². The average molecular weight is 235 g/mol. The van der Waals surface area contributed by atoms with Crippen LogP contribution in [0.3, 0.4) is 0 Å². The quantitative estimate of drug-likeness (QED) is 0.335. The zero-order valence-corrected chi connectivity index (χ0v) is 9.88. The van der Waals surface area contributed by atoms with Crippen LogP contribution in [-0.4, -0.2) is 29.1 Å². The zero-order chi connectivity index (χ0) is 12.8. The van der Waals surface area contributed by atoms with Crippen molar-refractivity contribution in [3.05, 3.63) is 29.7 Å². The fourth-order valence-corrected chi connectivity index (χ4v) is 1.20. The summed E-state index contributed by atoms with van der Waals surface area (Å²) in [5.41, 5.74) is 8.81. The standard InChI is InChI=1S/C11H13N3O3/c1-7(2)11(15)10(13-12)9(14-16-3)8-5-4-6-17-8/h4-7H,1-3H3. The second kappa shape index (κ2) is 5.77. The minimum absolute atomic E-state index is 0.0682. The molecule has 0 fully saturated rings. The molecule has 6 nitrogen and oxygen atoms in total. The minimum Gasteiger partial charge on any atom is -0.462 e. The van der Waals surface area contributed by atoms with Crippen LogP contribution in [0, 0.1) is 5.92 Å². The van der Waals surface area contributed by atoms with Crippen LogP contribution >= 0.6 is 0 Å². The summed E-state index contributed by atoms with van der Waals surface area (Å²) in [7, 11) is 1.33. The number of nitrogens with zero attached hydrogens (tertiary/aromatic N) is 3. The van der Waals surface area contributed by atoms with Crippen LogP contribution in [0.1, 0.15) is 19.6 Å². The summed E-state index contributed by atoms with van der Waals surface area (Å²) in [5, 5.41) is 3.65. The number of Topliss-reactive ketones (excluding diaryl/α,β-unsaturated/α-hetero) is 1. The van der Waals surface area contributed by atoms with Crippen LogP contribution in [-0.2, 0) is 9.63 Å². The van der Waals surface area contributed by atoms with Crippen molar-refractivity contribution in [2.45, 2.75) is 13.8 Å². The Morgan fingerprint density at radius 1 is 1.59 bits per heavy atom. The number of rotatable bonds is 5. The van der Waals surface area contributed by atoms with E-state index < -0.39 is 0 Å². The van der Waals surface area contributed by atoms with Gasteiger partial charge < -0.3 is 14.8 Å². The molecule has 0 radical (unpaired) electrons. The SMILES string of the molecule is CON=C(C(=[N+]=[N-])C(=O)C(C)C)c1ccco1. The van der Waals surface area contributed by atoms with Crippen LogP contribution in [0.5, 0.6) is 0 Å². The Hall–Kier alpha value is -2.20. The van der Waals surface area contributed by atoms with E-state index in [0.717, 1.165) is 0 Å². The number of hydrogen-bond donors (Lipinski definition) is 0. The molecule has 6 heteroatoms. The summed E-state index contributed by atoms with van der Waals surface area (Å²) in [6.07, 6.45) is 1.43. The first-order valence-corrected chi connectivity index (χ1v) is 5.03. The van der Waals surface area contributed by atoms with E-state index in [1.807, 2.05) is 0 Å². The van der Waals surface area contributed by atoms with Gasteiger partial charge >= 0.3 is 5.71 Å². The molecule has 17 heavy (non-hydrogen) atoms. The molecule has 0 saturated carbocycles. The smallest absolute Gasteiger partial charge is 0.390 e. The van der Waals surface area contributed by atoms with Crippen molar-refractivity contribution in [3.8, 4) is 0 Å². The molecular weight excluding hydrogens is 222 g/mol. The van der Waals surface area contributed by atoms with Crippen molar-refractivity contribution in [1.82, 2.24) is 0 Å². The summed E-state index contributed by atoms with van der Waals surface area (Å²) >= 11 is 0. The highest BCUT2D eigenvalue weighted by Crippen LogP contribution is 2.07. The average Bonchev–Trinajstić information content (AvgIpc) is 2.81. The number of carbonyl (C=O) groups excluding carboxylic acids is 1. The van der Waals surface area contributed by atoms with Gasteiger partial charge in [-0.2, -0.15) is 4.79 Å². The van der Waals surface area contributed by atoms with Crippen molar-refractivity contribution in [2.75, 3.05) is 7.11 Å². The molecule has 0 aromatic carbocycles. The Morgan fingerprint density at radius 3 is 2.71 bits per heavy atom.